The second kappa shape index (κ2) is 7.03. The standard InChI is InChI=1S/C8H17O2/c1-3-8(4-2)10-7-5-6-9/h9H,3-7H2,1-2H3. The topological polar surface area (TPSA) is 29.5 Å². The molecule has 0 saturated carbocycles. The maximum absolute atomic E-state index is 8.44. The van der Waals surface area contributed by atoms with Crippen LogP contribution >= 0.6 is 0 Å². The first kappa shape index (κ1) is 9.92. The molecule has 1 N–H and O–H groups in total. The average molecular weight is 145 g/mol. The molecule has 0 fully saturated rings. The van der Waals surface area contributed by atoms with Gasteiger partial charge < -0.3 is 9.84 Å². The SMILES string of the molecule is CC[C](CC)OCCCO. The second-order valence-corrected chi connectivity index (χ2v) is 2.17. The lowest BCUT2D eigenvalue weighted by Gasteiger charge is -2.11. The first-order valence-electron chi connectivity index (χ1n) is 3.93. The third-order valence-electron chi connectivity index (χ3n) is 1.40. The van der Waals surface area contributed by atoms with Crippen molar-refractivity contribution >= 4 is 0 Å². The molecule has 0 aromatic heterocycles. The summed E-state index contributed by atoms with van der Waals surface area (Å²) >= 11 is 0. The molecule has 61 valence electrons. The van der Waals surface area contributed by atoms with Crippen molar-refractivity contribution in [3.8, 4) is 0 Å². The van der Waals surface area contributed by atoms with Crippen LogP contribution < -0.4 is 0 Å². The highest BCUT2D eigenvalue weighted by molar-refractivity contribution is 4.72. The molecular weight excluding hydrogens is 128 g/mol. The molecule has 0 heterocycles. The van der Waals surface area contributed by atoms with Crippen LogP contribution in [0.3, 0.4) is 0 Å². The number of aliphatic hydroxyl groups is 1. The molecule has 0 spiro atoms. The summed E-state index contributed by atoms with van der Waals surface area (Å²) in [5.74, 6) is 0. The smallest absolute Gasteiger partial charge is 0.0965 e. The summed E-state index contributed by atoms with van der Waals surface area (Å²) in [6, 6.07) is 0. The van der Waals surface area contributed by atoms with Gasteiger partial charge in [-0.15, -0.1) is 0 Å². The summed E-state index contributed by atoms with van der Waals surface area (Å²) < 4.78 is 5.34. The second-order valence-electron chi connectivity index (χ2n) is 2.17. The molecule has 0 aliphatic heterocycles. The van der Waals surface area contributed by atoms with Crippen molar-refractivity contribution in [2.24, 2.45) is 0 Å². The van der Waals surface area contributed by atoms with Gasteiger partial charge in [0.2, 0.25) is 0 Å². The number of hydrogen-bond acceptors (Lipinski definition) is 2. The van der Waals surface area contributed by atoms with Crippen LogP contribution in [0.1, 0.15) is 33.1 Å². The highest BCUT2D eigenvalue weighted by atomic mass is 16.5. The van der Waals surface area contributed by atoms with E-state index in [0.29, 0.717) is 6.61 Å². The monoisotopic (exact) mass is 145 g/mol. The van der Waals surface area contributed by atoms with Crippen molar-refractivity contribution in [1.29, 1.82) is 0 Å². The van der Waals surface area contributed by atoms with Gasteiger partial charge in [-0.1, -0.05) is 13.8 Å². The van der Waals surface area contributed by atoms with E-state index in [-0.39, 0.29) is 6.61 Å². The Balaban J connectivity index is 3.09. The zero-order chi connectivity index (χ0) is 7.82. The highest BCUT2D eigenvalue weighted by Gasteiger charge is 2.02. The average Bonchev–Trinajstić information content (AvgIpc) is 1.99. The fourth-order valence-corrected chi connectivity index (χ4v) is 0.735. The Morgan fingerprint density at radius 2 is 1.90 bits per heavy atom. The molecule has 0 aliphatic carbocycles. The Bertz CT molecular complexity index is 60.3. The summed E-state index contributed by atoms with van der Waals surface area (Å²) in [5, 5.41) is 8.44. The van der Waals surface area contributed by atoms with E-state index in [1.165, 1.54) is 0 Å². The molecule has 0 aromatic carbocycles. The summed E-state index contributed by atoms with van der Waals surface area (Å²) in [6.45, 7) is 5.05. The van der Waals surface area contributed by atoms with Crippen LogP contribution in [0.5, 0.6) is 0 Å². The van der Waals surface area contributed by atoms with Crippen LogP contribution in [0.4, 0.5) is 0 Å². The number of aliphatic hydroxyl groups excluding tert-OH is 1. The van der Waals surface area contributed by atoms with E-state index in [0.717, 1.165) is 25.4 Å². The fraction of sp³-hybridized carbons (Fsp3) is 0.875. The summed E-state index contributed by atoms with van der Waals surface area (Å²) in [4.78, 5) is 0. The number of rotatable bonds is 6. The summed E-state index contributed by atoms with van der Waals surface area (Å²) in [6.07, 6.45) is 3.85. The lowest BCUT2D eigenvalue weighted by atomic mass is 10.2. The van der Waals surface area contributed by atoms with Gasteiger partial charge in [0.25, 0.3) is 0 Å². The lowest BCUT2D eigenvalue weighted by Crippen LogP contribution is -2.03. The normalized spacial score (nSPS) is 10.8. The number of ether oxygens (including phenoxy) is 1. The molecule has 2 nitrogen and oxygen atoms in total. The Morgan fingerprint density at radius 1 is 1.30 bits per heavy atom. The zero-order valence-corrected chi connectivity index (χ0v) is 6.89. The van der Waals surface area contributed by atoms with E-state index >= 15 is 0 Å². The zero-order valence-electron chi connectivity index (χ0n) is 6.89. The first-order valence-corrected chi connectivity index (χ1v) is 3.93. The molecule has 0 rings (SSSR count). The first-order chi connectivity index (χ1) is 4.85. The summed E-state index contributed by atoms with van der Waals surface area (Å²) in [7, 11) is 0. The van der Waals surface area contributed by atoms with Crippen molar-refractivity contribution in [3.05, 3.63) is 6.10 Å². The van der Waals surface area contributed by atoms with E-state index in [1.54, 1.807) is 0 Å². The Morgan fingerprint density at radius 3 is 2.30 bits per heavy atom. The maximum atomic E-state index is 8.44. The van der Waals surface area contributed by atoms with Crippen LogP contribution in [-0.4, -0.2) is 18.3 Å². The molecule has 0 atom stereocenters. The number of hydrogen-bond donors (Lipinski definition) is 1. The predicted molar refractivity (Wildman–Crippen MR) is 41.5 cm³/mol. The van der Waals surface area contributed by atoms with Crippen molar-refractivity contribution in [3.63, 3.8) is 0 Å². The quantitative estimate of drug-likeness (QED) is 0.577. The minimum absolute atomic E-state index is 0.223. The predicted octanol–water partition coefficient (Wildman–Crippen LogP) is 1.74. The molecule has 0 unspecified atom stereocenters. The van der Waals surface area contributed by atoms with Crippen molar-refractivity contribution in [2.75, 3.05) is 13.2 Å². The molecule has 0 saturated heterocycles. The molecule has 10 heavy (non-hydrogen) atoms. The fourth-order valence-electron chi connectivity index (χ4n) is 0.735. The van der Waals surface area contributed by atoms with Gasteiger partial charge in [0, 0.05) is 13.2 Å². The van der Waals surface area contributed by atoms with E-state index in [1.807, 2.05) is 0 Å². The Kier molecular flexibility index (Phi) is 6.98. The van der Waals surface area contributed by atoms with Gasteiger partial charge in [-0.2, -0.15) is 0 Å². The van der Waals surface area contributed by atoms with Crippen molar-refractivity contribution in [2.45, 2.75) is 33.1 Å². The van der Waals surface area contributed by atoms with E-state index < -0.39 is 0 Å². The van der Waals surface area contributed by atoms with E-state index in [4.69, 9.17) is 9.84 Å². The molecule has 0 aromatic rings. The van der Waals surface area contributed by atoms with Crippen LogP contribution in [0.2, 0.25) is 0 Å². The van der Waals surface area contributed by atoms with Gasteiger partial charge in [-0.3, -0.25) is 0 Å². The van der Waals surface area contributed by atoms with Gasteiger partial charge in [0.15, 0.2) is 0 Å². The minimum atomic E-state index is 0.223. The van der Waals surface area contributed by atoms with Crippen molar-refractivity contribution < 1.29 is 9.84 Å². The van der Waals surface area contributed by atoms with Gasteiger partial charge in [0.05, 0.1) is 6.10 Å². The van der Waals surface area contributed by atoms with Crippen LogP contribution in [0.15, 0.2) is 0 Å². The van der Waals surface area contributed by atoms with Crippen LogP contribution in [0.25, 0.3) is 0 Å². The van der Waals surface area contributed by atoms with Crippen molar-refractivity contribution in [1.82, 2.24) is 0 Å². The molecule has 1 radical (unpaired) electrons. The summed E-state index contributed by atoms with van der Waals surface area (Å²) in [5.41, 5.74) is 0. The van der Waals surface area contributed by atoms with Gasteiger partial charge in [-0.25, -0.2) is 0 Å². The van der Waals surface area contributed by atoms with Gasteiger partial charge in [0.1, 0.15) is 0 Å². The molecule has 2 heteroatoms. The van der Waals surface area contributed by atoms with E-state index in [9.17, 15) is 0 Å². The van der Waals surface area contributed by atoms with Crippen LogP contribution in [0, 0.1) is 6.10 Å². The molecule has 0 bridgehead atoms. The highest BCUT2D eigenvalue weighted by Crippen LogP contribution is 2.11. The lowest BCUT2D eigenvalue weighted by molar-refractivity contribution is 0.114. The third-order valence-corrected chi connectivity index (χ3v) is 1.40. The minimum Gasteiger partial charge on any atom is -0.396 e. The Labute approximate surface area is 63.2 Å². The third kappa shape index (κ3) is 4.77. The van der Waals surface area contributed by atoms with Gasteiger partial charge >= 0.3 is 0 Å². The maximum Gasteiger partial charge on any atom is 0.0965 e. The molecule has 0 aliphatic rings. The molecule has 0 amide bonds. The van der Waals surface area contributed by atoms with E-state index in [2.05, 4.69) is 13.8 Å². The largest absolute Gasteiger partial charge is 0.396 e. The van der Waals surface area contributed by atoms with Gasteiger partial charge in [-0.05, 0) is 19.3 Å². The molecular formula is C8H17O2. The Hall–Kier alpha value is -0.0800. The van der Waals surface area contributed by atoms with Crippen LogP contribution in [-0.2, 0) is 4.74 Å².